The number of esters is 1. The molecule has 0 radical (unpaired) electrons. The Morgan fingerprint density at radius 3 is 2.36 bits per heavy atom. The van der Waals surface area contributed by atoms with E-state index in [0.717, 1.165) is 24.8 Å². The first-order valence-electron chi connectivity index (χ1n) is 10.5. The zero-order valence-electron chi connectivity index (χ0n) is 18.1. The van der Waals surface area contributed by atoms with E-state index in [9.17, 15) is 9.59 Å². The Labute approximate surface area is 199 Å². The van der Waals surface area contributed by atoms with Gasteiger partial charge < -0.3 is 4.74 Å². The van der Waals surface area contributed by atoms with E-state index in [1.807, 2.05) is 92.7 Å². The Kier molecular flexibility index (Phi) is 5.75. The van der Waals surface area contributed by atoms with Crippen LogP contribution in [0, 0.1) is 13.8 Å². The zero-order chi connectivity index (χ0) is 22.9. The molecular formula is C28H20O3S2. The Morgan fingerprint density at radius 2 is 1.55 bits per heavy atom. The lowest BCUT2D eigenvalue weighted by Crippen LogP contribution is -2.13. The highest BCUT2D eigenvalue weighted by molar-refractivity contribution is 7.99. The smallest absolute Gasteiger partial charge is 0.344 e. The van der Waals surface area contributed by atoms with E-state index in [4.69, 9.17) is 4.74 Å². The van der Waals surface area contributed by atoms with Crippen LogP contribution in [0.2, 0.25) is 0 Å². The molecule has 5 aromatic rings. The molecule has 5 rings (SSSR count). The van der Waals surface area contributed by atoms with Gasteiger partial charge in [0, 0.05) is 24.6 Å². The number of carbonyl (C=O) groups excluding carboxylic acids is 1. The number of aryl methyl sites for hydroxylation is 2. The summed E-state index contributed by atoms with van der Waals surface area (Å²) in [4.78, 5) is 28.5. The first kappa shape index (κ1) is 21.4. The van der Waals surface area contributed by atoms with Crippen LogP contribution in [-0.2, 0) is 0 Å². The molecule has 0 fully saturated rings. The fourth-order valence-electron chi connectivity index (χ4n) is 3.70. The lowest BCUT2D eigenvalue weighted by Gasteiger charge is -2.13. The van der Waals surface area contributed by atoms with E-state index in [0.29, 0.717) is 22.1 Å². The Hall–Kier alpha value is -3.41. The molecule has 0 saturated heterocycles. The maximum atomic E-state index is 13.3. The second-order valence-electron chi connectivity index (χ2n) is 7.81. The number of hydrogen-bond acceptors (Lipinski definition) is 5. The Balaban J connectivity index is 1.56. The molecule has 162 valence electrons. The third-order valence-corrected chi connectivity index (χ3v) is 7.67. The van der Waals surface area contributed by atoms with E-state index >= 15 is 0 Å². The van der Waals surface area contributed by atoms with E-state index < -0.39 is 5.97 Å². The molecule has 0 spiro atoms. The van der Waals surface area contributed by atoms with Crippen molar-refractivity contribution in [1.82, 2.24) is 0 Å². The molecule has 0 saturated carbocycles. The third-order valence-electron chi connectivity index (χ3n) is 5.45. The molecule has 0 atom stereocenters. The van der Waals surface area contributed by atoms with Crippen molar-refractivity contribution in [2.45, 2.75) is 23.6 Å². The first-order chi connectivity index (χ1) is 16.0. The average molecular weight is 469 g/mol. The average Bonchev–Trinajstić information content (AvgIpc) is 2.83. The van der Waals surface area contributed by atoms with E-state index in [2.05, 4.69) is 0 Å². The van der Waals surface area contributed by atoms with Crippen molar-refractivity contribution in [3.63, 3.8) is 0 Å². The van der Waals surface area contributed by atoms with Crippen LogP contribution in [0.5, 0.6) is 5.75 Å². The van der Waals surface area contributed by atoms with Gasteiger partial charge in [0.25, 0.3) is 0 Å². The summed E-state index contributed by atoms with van der Waals surface area (Å²) < 4.78 is 7.64. The van der Waals surface area contributed by atoms with Crippen molar-refractivity contribution >= 4 is 49.2 Å². The van der Waals surface area contributed by atoms with Gasteiger partial charge in [-0.2, -0.15) is 0 Å². The van der Waals surface area contributed by atoms with Gasteiger partial charge in [0.05, 0.1) is 10.9 Å². The van der Waals surface area contributed by atoms with Gasteiger partial charge in [-0.3, -0.25) is 4.79 Å². The molecule has 0 unspecified atom stereocenters. The van der Waals surface area contributed by atoms with Gasteiger partial charge in [-0.15, -0.1) is 11.3 Å². The van der Waals surface area contributed by atoms with E-state index in [1.54, 1.807) is 6.07 Å². The SMILES string of the molecule is Cc1ccc(Sc2ccccc2C(=O)Oc2c(C)ccc3sc4ccccc4c(=O)c23)cc1. The van der Waals surface area contributed by atoms with Crippen molar-refractivity contribution in [1.29, 1.82) is 0 Å². The minimum Gasteiger partial charge on any atom is -0.422 e. The number of hydrogen-bond donors (Lipinski definition) is 0. The first-order valence-corrected chi connectivity index (χ1v) is 12.2. The van der Waals surface area contributed by atoms with Crippen molar-refractivity contribution in [2.24, 2.45) is 0 Å². The molecule has 3 nitrogen and oxygen atoms in total. The lowest BCUT2D eigenvalue weighted by molar-refractivity contribution is 0.0732. The number of benzene rings is 4. The highest BCUT2D eigenvalue weighted by Gasteiger charge is 2.19. The molecule has 1 heterocycles. The number of carbonyl (C=O) groups is 1. The van der Waals surface area contributed by atoms with Crippen LogP contribution in [0.25, 0.3) is 20.2 Å². The fraction of sp³-hybridized carbons (Fsp3) is 0.0714. The van der Waals surface area contributed by atoms with Crippen LogP contribution >= 0.6 is 23.1 Å². The van der Waals surface area contributed by atoms with Crippen molar-refractivity contribution in [2.75, 3.05) is 0 Å². The van der Waals surface area contributed by atoms with Gasteiger partial charge in [-0.25, -0.2) is 4.79 Å². The van der Waals surface area contributed by atoms with Gasteiger partial charge in [-0.05, 0) is 61.9 Å². The summed E-state index contributed by atoms with van der Waals surface area (Å²) in [6.45, 7) is 3.90. The molecular weight excluding hydrogens is 448 g/mol. The summed E-state index contributed by atoms with van der Waals surface area (Å²) in [6.07, 6.45) is 0. The molecule has 0 aliphatic heterocycles. The quantitative estimate of drug-likeness (QED) is 0.157. The van der Waals surface area contributed by atoms with Crippen LogP contribution in [0.3, 0.4) is 0 Å². The van der Waals surface area contributed by atoms with Gasteiger partial charge in [0.1, 0.15) is 5.75 Å². The topological polar surface area (TPSA) is 43.4 Å². The van der Waals surface area contributed by atoms with Crippen LogP contribution in [0.15, 0.2) is 99.5 Å². The van der Waals surface area contributed by atoms with E-state index in [1.165, 1.54) is 28.7 Å². The van der Waals surface area contributed by atoms with Crippen molar-refractivity contribution in [3.05, 3.63) is 112 Å². The number of ether oxygens (including phenoxy) is 1. The molecule has 0 bridgehead atoms. The third kappa shape index (κ3) is 4.17. The van der Waals surface area contributed by atoms with Crippen LogP contribution in [0.1, 0.15) is 21.5 Å². The van der Waals surface area contributed by atoms with Gasteiger partial charge >= 0.3 is 5.97 Å². The minimum atomic E-state index is -0.474. The van der Waals surface area contributed by atoms with Gasteiger partial charge in [-0.1, -0.05) is 59.8 Å². The van der Waals surface area contributed by atoms with Crippen LogP contribution < -0.4 is 10.2 Å². The maximum Gasteiger partial charge on any atom is 0.344 e. The Morgan fingerprint density at radius 1 is 0.818 bits per heavy atom. The van der Waals surface area contributed by atoms with Crippen molar-refractivity contribution in [3.8, 4) is 5.75 Å². The highest BCUT2D eigenvalue weighted by atomic mass is 32.2. The highest BCUT2D eigenvalue weighted by Crippen LogP contribution is 2.35. The number of fused-ring (bicyclic) bond motifs is 2. The van der Waals surface area contributed by atoms with Crippen LogP contribution in [0.4, 0.5) is 0 Å². The fourth-order valence-corrected chi connectivity index (χ4v) is 5.71. The normalized spacial score (nSPS) is 11.1. The molecule has 4 aromatic carbocycles. The monoisotopic (exact) mass is 468 g/mol. The second-order valence-corrected chi connectivity index (χ2v) is 10.0. The summed E-state index contributed by atoms with van der Waals surface area (Å²) in [5.41, 5.74) is 2.28. The summed E-state index contributed by atoms with van der Waals surface area (Å²) in [5.74, 6) is -0.141. The lowest BCUT2D eigenvalue weighted by atomic mass is 10.1. The largest absolute Gasteiger partial charge is 0.422 e. The molecule has 0 N–H and O–H groups in total. The predicted octanol–water partition coefficient (Wildman–Crippen LogP) is 7.40. The standard InChI is InChI=1S/C28H20O3S2/c1-17-11-14-19(15-12-17)32-23-10-6-4-8-21(23)28(30)31-27-18(2)13-16-24-25(27)26(29)20-7-3-5-9-22(20)33-24/h3-16H,1-2H3. The summed E-state index contributed by atoms with van der Waals surface area (Å²) in [5, 5.41) is 1.09. The second kappa shape index (κ2) is 8.85. The molecule has 1 aromatic heterocycles. The van der Waals surface area contributed by atoms with E-state index in [-0.39, 0.29) is 5.43 Å². The predicted molar refractivity (Wildman–Crippen MR) is 137 cm³/mol. The summed E-state index contributed by atoms with van der Waals surface area (Å²) in [7, 11) is 0. The molecule has 0 amide bonds. The van der Waals surface area contributed by atoms with Crippen molar-refractivity contribution < 1.29 is 9.53 Å². The zero-order valence-corrected chi connectivity index (χ0v) is 19.8. The minimum absolute atomic E-state index is 0.117. The summed E-state index contributed by atoms with van der Waals surface area (Å²) in [6, 6.07) is 26.9. The van der Waals surface area contributed by atoms with Gasteiger partial charge in [0.2, 0.25) is 0 Å². The summed E-state index contributed by atoms with van der Waals surface area (Å²) >= 11 is 3.04. The number of rotatable bonds is 4. The molecule has 0 aliphatic carbocycles. The maximum absolute atomic E-state index is 13.3. The molecule has 33 heavy (non-hydrogen) atoms. The molecule has 5 heteroatoms. The van der Waals surface area contributed by atoms with Gasteiger partial charge in [0.15, 0.2) is 5.43 Å². The van der Waals surface area contributed by atoms with Crippen LogP contribution in [-0.4, -0.2) is 5.97 Å². The Bertz CT molecular complexity index is 1570. The molecule has 0 aliphatic rings.